The lowest BCUT2D eigenvalue weighted by atomic mass is 10.1. The third-order valence-electron chi connectivity index (χ3n) is 4.18. The van der Waals surface area contributed by atoms with Gasteiger partial charge in [0.2, 0.25) is 15.9 Å². The summed E-state index contributed by atoms with van der Waals surface area (Å²) in [6, 6.07) is 11.8. The lowest BCUT2D eigenvalue weighted by Crippen LogP contribution is -2.41. The summed E-state index contributed by atoms with van der Waals surface area (Å²) in [5.41, 5.74) is 0.940. The van der Waals surface area contributed by atoms with E-state index in [0.717, 1.165) is 14.8 Å². The molecule has 1 amide bonds. The molecule has 1 N–H and O–H groups in total. The monoisotopic (exact) mass is 460 g/mol. The van der Waals surface area contributed by atoms with Crippen molar-refractivity contribution >= 4 is 50.9 Å². The molecule has 0 bridgehead atoms. The van der Waals surface area contributed by atoms with Gasteiger partial charge in [-0.25, -0.2) is 8.42 Å². The third-order valence-corrected chi connectivity index (χ3v) is 7.56. The second kappa shape index (κ2) is 9.98. The molecule has 1 atom stereocenters. The first-order valence-corrected chi connectivity index (χ1v) is 12.0. The van der Waals surface area contributed by atoms with Crippen molar-refractivity contribution in [3.63, 3.8) is 0 Å². The van der Waals surface area contributed by atoms with E-state index in [-0.39, 0.29) is 34.1 Å². The number of benzene rings is 2. The lowest BCUT2D eigenvalue weighted by Gasteiger charge is -2.22. The summed E-state index contributed by atoms with van der Waals surface area (Å²) in [5.74, 6) is -0.398. The Bertz CT molecular complexity index is 935. The van der Waals surface area contributed by atoms with Crippen LogP contribution in [0.15, 0.2) is 52.3 Å². The average molecular weight is 461 g/mol. The van der Waals surface area contributed by atoms with Crippen LogP contribution in [0.25, 0.3) is 0 Å². The van der Waals surface area contributed by atoms with Crippen molar-refractivity contribution in [3.8, 4) is 0 Å². The number of nitrogens with zero attached hydrogens (tertiary/aromatic N) is 1. The molecule has 2 rings (SSSR count). The van der Waals surface area contributed by atoms with Crippen LogP contribution in [0, 0.1) is 0 Å². The average Bonchev–Trinajstić information content (AvgIpc) is 2.67. The van der Waals surface area contributed by atoms with Crippen LogP contribution in [0.2, 0.25) is 10.0 Å². The van der Waals surface area contributed by atoms with Crippen molar-refractivity contribution in [1.82, 2.24) is 9.62 Å². The Morgan fingerprint density at radius 1 is 1.18 bits per heavy atom. The number of carbonyl (C=O) groups excluding carboxylic acids is 1. The quantitative estimate of drug-likeness (QED) is 0.584. The van der Waals surface area contributed by atoms with E-state index in [1.807, 2.05) is 37.4 Å². The van der Waals surface area contributed by atoms with Crippen LogP contribution >= 0.6 is 35.0 Å². The van der Waals surface area contributed by atoms with Gasteiger partial charge in [-0.05, 0) is 49.1 Å². The minimum absolute atomic E-state index is 0.0607. The van der Waals surface area contributed by atoms with Gasteiger partial charge >= 0.3 is 0 Å². The molecule has 0 aliphatic heterocycles. The van der Waals surface area contributed by atoms with Gasteiger partial charge in [0.05, 0.1) is 17.6 Å². The zero-order valence-corrected chi connectivity index (χ0v) is 18.9. The Balaban J connectivity index is 2.12. The lowest BCUT2D eigenvalue weighted by molar-refractivity contribution is -0.121. The number of hydrogen-bond acceptors (Lipinski definition) is 4. The summed E-state index contributed by atoms with van der Waals surface area (Å²) >= 11 is 13.6. The highest BCUT2D eigenvalue weighted by atomic mass is 35.5. The van der Waals surface area contributed by atoms with E-state index < -0.39 is 15.9 Å². The third kappa shape index (κ3) is 5.64. The molecule has 0 spiro atoms. The number of thioether (sulfide) groups is 1. The van der Waals surface area contributed by atoms with Crippen LogP contribution in [-0.2, 0) is 14.8 Å². The van der Waals surface area contributed by atoms with E-state index in [1.165, 1.54) is 18.2 Å². The Morgan fingerprint density at radius 2 is 1.82 bits per heavy atom. The minimum Gasteiger partial charge on any atom is -0.348 e. The fourth-order valence-electron chi connectivity index (χ4n) is 2.60. The zero-order chi connectivity index (χ0) is 20.9. The molecule has 5 nitrogen and oxygen atoms in total. The summed E-state index contributed by atoms with van der Waals surface area (Å²) in [4.78, 5) is 13.5. The SMILES string of the molecule is CCN(CC(=O)N[C@@H](C)c1ccc(SC)cc1)S(=O)(=O)c1cc(Cl)ccc1Cl. The largest absolute Gasteiger partial charge is 0.348 e. The predicted octanol–water partition coefficient (Wildman–Crippen LogP) is 4.60. The standard InChI is InChI=1S/C19H22Cl2N2O3S2/c1-4-23(28(25,26)18-11-15(20)7-10-17(18)21)12-19(24)22-13(2)14-5-8-16(27-3)9-6-14/h5-11,13H,4,12H2,1-3H3,(H,22,24)/t13-/m0/s1. The number of hydrogen-bond donors (Lipinski definition) is 1. The van der Waals surface area contributed by atoms with E-state index in [9.17, 15) is 13.2 Å². The molecule has 2 aromatic carbocycles. The molecule has 0 saturated carbocycles. The van der Waals surface area contributed by atoms with Crippen LogP contribution in [-0.4, -0.2) is 38.0 Å². The van der Waals surface area contributed by atoms with Crippen LogP contribution in [0.5, 0.6) is 0 Å². The molecule has 0 aliphatic rings. The Morgan fingerprint density at radius 3 is 2.39 bits per heavy atom. The Hall–Kier alpha value is -1.25. The first-order chi connectivity index (χ1) is 13.2. The van der Waals surface area contributed by atoms with Crippen molar-refractivity contribution in [3.05, 3.63) is 58.1 Å². The van der Waals surface area contributed by atoms with E-state index >= 15 is 0 Å². The van der Waals surface area contributed by atoms with Gasteiger partial charge in [-0.1, -0.05) is 42.3 Å². The van der Waals surface area contributed by atoms with E-state index in [0.29, 0.717) is 0 Å². The maximum absolute atomic E-state index is 12.9. The van der Waals surface area contributed by atoms with Gasteiger partial charge in [0, 0.05) is 16.5 Å². The Kier molecular flexibility index (Phi) is 8.21. The number of likely N-dealkylation sites (N-methyl/N-ethyl adjacent to an activating group) is 1. The summed E-state index contributed by atoms with van der Waals surface area (Å²) in [7, 11) is -3.96. The first kappa shape index (κ1) is 23.0. The number of amides is 1. The highest BCUT2D eigenvalue weighted by molar-refractivity contribution is 7.98. The summed E-state index contributed by atoms with van der Waals surface area (Å²) < 4.78 is 26.9. The predicted molar refractivity (Wildman–Crippen MR) is 116 cm³/mol. The molecule has 2 aromatic rings. The van der Waals surface area contributed by atoms with Gasteiger partial charge in [0.25, 0.3) is 0 Å². The van der Waals surface area contributed by atoms with Gasteiger partial charge in [-0.3, -0.25) is 4.79 Å². The number of halogens is 2. The van der Waals surface area contributed by atoms with Crippen molar-refractivity contribution in [2.24, 2.45) is 0 Å². The molecule has 0 aromatic heterocycles. The molecule has 9 heteroatoms. The fourth-order valence-corrected chi connectivity index (χ4v) is 5.15. The van der Waals surface area contributed by atoms with E-state index in [4.69, 9.17) is 23.2 Å². The maximum Gasteiger partial charge on any atom is 0.245 e. The summed E-state index contributed by atoms with van der Waals surface area (Å²) in [5, 5.41) is 3.15. The number of carbonyl (C=O) groups is 1. The second-order valence-electron chi connectivity index (χ2n) is 6.07. The zero-order valence-electron chi connectivity index (χ0n) is 15.8. The molecule has 0 radical (unpaired) electrons. The number of nitrogens with one attached hydrogen (secondary N) is 1. The van der Waals surface area contributed by atoms with Gasteiger partial charge in [-0.2, -0.15) is 4.31 Å². The second-order valence-corrected chi connectivity index (χ2v) is 9.70. The highest BCUT2D eigenvalue weighted by Crippen LogP contribution is 2.27. The topological polar surface area (TPSA) is 66.5 Å². The normalized spacial score (nSPS) is 12.8. The molecule has 28 heavy (non-hydrogen) atoms. The first-order valence-electron chi connectivity index (χ1n) is 8.57. The molecule has 0 aliphatic carbocycles. The molecule has 152 valence electrons. The Labute approximate surface area is 180 Å². The number of rotatable bonds is 8. The molecule has 0 unspecified atom stereocenters. The summed E-state index contributed by atoms with van der Waals surface area (Å²) in [6.45, 7) is 3.32. The van der Waals surface area contributed by atoms with Crippen LogP contribution in [0.4, 0.5) is 0 Å². The van der Waals surface area contributed by atoms with Crippen LogP contribution in [0.1, 0.15) is 25.5 Å². The fraction of sp³-hybridized carbons (Fsp3) is 0.316. The molecular formula is C19H22Cl2N2O3S2. The van der Waals surface area contributed by atoms with Crippen molar-refractivity contribution in [2.75, 3.05) is 19.3 Å². The van der Waals surface area contributed by atoms with Crippen molar-refractivity contribution in [1.29, 1.82) is 0 Å². The molecule has 0 fully saturated rings. The highest BCUT2D eigenvalue weighted by Gasteiger charge is 2.28. The van der Waals surface area contributed by atoms with Crippen LogP contribution < -0.4 is 5.32 Å². The molecule has 0 heterocycles. The van der Waals surface area contributed by atoms with Crippen molar-refractivity contribution < 1.29 is 13.2 Å². The minimum atomic E-state index is -3.96. The van der Waals surface area contributed by atoms with Gasteiger partial charge < -0.3 is 5.32 Å². The maximum atomic E-state index is 12.9. The van der Waals surface area contributed by atoms with Gasteiger partial charge in [0.1, 0.15) is 4.90 Å². The van der Waals surface area contributed by atoms with Crippen molar-refractivity contribution in [2.45, 2.75) is 29.7 Å². The summed E-state index contributed by atoms with van der Waals surface area (Å²) in [6.07, 6.45) is 1.99. The van der Waals surface area contributed by atoms with E-state index in [1.54, 1.807) is 18.7 Å². The molecule has 0 saturated heterocycles. The number of sulfonamides is 1. The van der Waals surface area contributed by atoms with E-state index in [2.05, 4.69) is 5.32 Å². The van der Waals surface area contributed by atoms with Crippen LogP contribution in [0.3, 0.4) is 0 Å². The smallest absolute Gasteiger partial charge is 0.245 e. The van der Waals surface area contributed by atoms with Gasteiger partial charge in [0.15, 0.2) is 0 Å². The molecular weight excluding hydrogens is 439 g/mol. The van der Waals surface area contributed by atoms with Gasteiger partial charge in [-0.15, -0.1) is 11.8 Å².